The molecule has 1 aliphatic carbocycles. The first-order valence-corrected chi connectivity index (χ1v) is 6.19. The van der Waals surface area contributed by atoms with Gasteiger partial charge in [0.1, 0.15) is 10.1 Å². The van der Waals surface area contributed by atoms with Gasteiger partial charge in [-0.3, -0.25) is 9.59 Å². The molecule has 0 spiro atoms. The van der Waals surface area contributed by atoms with Crippen LogP contribution >= 0.6 is 0 Å². The largest absolute Gasteiger partial charge is 1.00 e. The molecule has 1 aromatic rings. The smallest absolute Gasteiger partial charge is 0.747 e. The van der Waals surface area contributed by atoms with Gasteiger partial charge in [-0.05, 0) is 0 Å². The third-order valence-electron chi connectivity index (χ3n) is 2.55. The molecule has 0 saturated heterocycles. The maximum atomic E-state index is 11.9. The van der Waals surface area contributed by atoms with Crippen LogP contribution in [0.25, 0.3) is 5.53 Å². The Morgan fingerprint density at radius 2 is 1.68 bits per heavy atom. The van der Waals surface area contributed by atoms with Crippen LogP contribution in [-0.2, 0) is 10.1 Å². The minimum Gasteiger partial charge on any atom is -0.747 e. The fourth-order valence-electron chi connectivity index (χ4n) is 1.78. The number of carbonyl (C=O) groups excluding carboxylic acids is 2. The first-order chi connectivity index (χ1) is 8.38. The van der Waals surface area contributed by atoms with Gasteiger partial charge < -0.3 is 10.1 Å². The number of benzene rings is 1. The Morgan fingerprint density at radius 1 is 1.16 bits per heavy atom. The summed E-state index contributed by atoms with van der Waals surface area (Å²) in [5.41, 5.74) is 7.43. The Hall–Kier alpha value is -1.15. The van der Waals surface area contributed by atoms with Crippen molar-refractivity contribution in [2.45, 2.75) is 5.25 Å². The predicted octanol–water partition coefficient (Wildman–Crippen LogP) is -3.35. The number of nitrogens with zero attached hydrogens (tertiary/aromatic N) is 2. The van der Waals surface area contributed by atoms with Crippen molar-refractivity contribution in [3.63, 3.8) is 0 Å². The Bertz CT molecular complexity index is 721. The summed E-state index contributed by atoms with van der Waals surface area (Å²) in [4.78, 5) is 26.2. The minimum absolute atomic E-state index is 0. The average Bonchev–Trinajstić information content (AvgIpc) is 2.32. The molecule has 0 saturated carbocycles. The van der Waals surface area contributed by atoms with Gasteiger partial charge in [0.05, 0.1) is 0 Å². The minimum atomic E-state index is -5.12. The monoisotopic (exact) mass is 288 g/mol. The normalized spacial score (nSPS) is 18.4. The van der Waals surface area contributed by atoms with Crippen LogP contribution in [0.3, 0.4) is 0 Å². The maximum absolute atomic E-state index is 11.9. The van der Waals surface area contributed by atoms with Gasteiger partial charge in [0.2, 0.25) is 5.25 Å². The van der Waals surface area contributed by atoms with Gasteiger partial charge in [0.25, 0.3) is 5.78 Å². The molecule has 0 aliphatic heterocycles. The molecule has 0 fully saturated rings. The van der Waals surface area contributed by atoms with Crippen LogP contribution in [0.2, 0.25) is 0 Å². The van der Waals surface area contributed by atoms with E-state index >= 15 is 0 Å². The van der Waals surface area contributed by atoms with Crippen LogP contribution < -0.4 is 29.6 Å². The van der Waals surface area contributed by atoms with Crippen LogP contribution in [-0.4, -0.2) is 40.3 Å². The van der Waals surface area contributed by atoms with E-state index in [4.69, 9.17) is 5.53 Å². The molecule has 1 unspecified atom stereocenters. The van der Waals surface area contributed by atoms with Crippen LogP contribution in [0.15, 0.2) is 24.3 Å². The molecule has 92 valence electrons. The molecule has 9 heteroatoms. The molecule has 19 heavy (non-hydrogen) atoms. The van der Waals surface area contributed by atoms with Gasteiger partial charge in [0, 0.05) is 11.1 Å². The summed E-state index contributed by atoms with van der Waals surface area (Å²) in [7, 11) is -5.12. The van der Waals surface area contributed by atoms with E-state index in [0.29, 0.717) is 0 Å². The van der Waals surface area contributed by atoms with Crippen molar-refractivity contribution in [3.8, 4) is 0 Å². The van der Waals surface area contributed by atoms with Crippen LogP contribution in [0.4, 0.5) is 0 Å². The average molecular weight is 288 g/mol. The van der Waals surface area contributed by atoms with E-state index in [-0.39, 0.29) is 40.7 Å². The molecule has 1 atom stereocenters. The number of fused-ring (bicyclic) bond motifs is 1. The van der Waals surface area contributed by atoms with Crippen molar-refractivity contribution in [3.05, 3.63) is 40.9 Å². The van der Waals surface area contributed by atoms with Crippen LogP contribution in [0.5, 0.6) is 0 Å². The number of hydrogen-bond donors (Lipinski definition) is 0. The summed E-state index contributed by atoms with van der Waals surface area (Å²) in [6, 6.07) is 5.42. The summed E-state index contributed by atoms with van der Waals surface area (Å²) >= 11 is 0. The summed E-state index contributed by atoms with van der Waals surface area (Å²) in [5, 5.41) is -2.29. The fraction of sp³-hybridized carbons (Fsp3) is 0.100. The predicted molar refractivity (Wildman–Crippen MR) is 57.2 cm³/mol. The number of hydrogen-bond acceptors (Lipinski definition) is 5. The standard InChI is InChI=1S/C10H6N2O5S.Na/c11-12-7-8(13)5-3-1-2-4-6(5)9(14)10(7)18(15,16)17;/h1-4,10H,(H,15,16,17);/q;+1/p-1. The summed E-state index contributed by atoms with van der Waals surface area (Å²) in [5.74, 6) is -2.01. The second-order valence-corrected chi connectivity index (χ2v) is 5.05. The Balaban J connectivity index is 0.00000180. The summed E-state index contributed by atoms with van der Waals surface area (Å²) in [6.07, 6.45) is 0. The third-order valence-corrected chi connectivity index (χ3v) is 3.57. The quantitative estimate of drug-likeness (QED) is 0.231. The Labute approximate surface area is 130 Å². The molecule has 0 heterocycles. The molecule has 0 radical (unpaired) electrons. The van der Waals surface area contributed by atoms with Gasteiger partial charge in [-0.1, -0.05) is 24.3 Å². The van der Waals surface area contributed by atoms with E-state index in [9.17, 15) is 22.6 Å². The molecular formula is C10H5N2NaO5S. The van der Waals surface area contributed by atoms with Gasteiger partial charge >= 0.3 is 35.3 Å². The van der Waals surface area contributed by atoms with Crippen LogP contribution in [0, 0.1) is 0 Å². The van der Waals surface area contributed by atoms with Gasteiger partial charge in [-0.15, -0.1) is 0 Å². The summed E-state index contributed by atoms with van der Waals surface area (Å²) < 4.78 is 33.0. The third kappa shape index (κ3) is 2.59. The van der Waals surface area contributed by atoms with Gasteiger partial charge in [-0.25, -0.2) is 8.42 Å². The Kier molecular flexibility index (Phi) is 4.57. The van der Waals surface area contributed by atoms with Crippen molar-refractivity contribution in [2.75, 3.05) is 0 Å². The van der Waals surface area contributed by atoms with E-state index in [1.54, 1.807) is 0 Å². The van der Waals surface area contributed by atoms with Crippen molar-refractivity contribution < 1.29 is 56.9 Å². The SMILES string of the molecule is [N-]=[N+]=C1C(=O)c2ccccc2C(=O)C1S(=O)(=O)[O-].[Na+]. The molecule has 1 aromatic carbocycles. The molecule has 7 nitrogen and oxygen atoms in total. The van der Waals surface area contributed by atoms with E-state index in [0.717, 1.165) is 0 Å². The van der Waals surface area contributed by atoms with Crippen LogP contribution in [0.1, 0.15) is 20.7 Å². The maximum Gasteiger partial charge on any atom is 1.00 e. The summed E-state index contributed by atoms with van der Waals surface area (Å²) in [6.45, 7) is 0. The molecule has 0 aromatic heterocycles. The first kappa shape index (κ1) is 15.9. The number of carbonyl (C=O) groups is 2. The molecule has 0 amide bonds. The van der Waals surface area contributed by atoms with Crippen molar-refractivity contribution in [1.29, 1.82) is 0 Å². The van der Waals surface area contributed by atoms with E-state index in [1.807, 2.05) is 0 Å². The van der Waals surface area contributed by atoms with Crippen molar-refractivity contribution >= 4 is 27.4 Å². The topological polar surface area (TPSA) is 128 Å². The second-order valence-electron chi connectivity index (χ2n) is 3.60. The first-order valence-electron chi connectivity index (χ1n) is 4.72. The Morgan fingerprint density at radius 3 is 2.16 bits per heavy atom. The molecule has 1 aliphatic rings. The zero-order chi connectivity index (χ0) is 13.5. The molecule has 2 rings (SSSR count). The molecule has 0 bridgehead atoms. The van der Waals surface area contributed by atoms with Crippen molar-refractivity contribution in [2.24, 2.45) is 0 Å². The number of ketones is 2. The molecule has 0 N–H and O–H groups in total. The molecular weight excluding hydrogens is 283 g/mol. The number of Topliss-reactive ketones (excluding diaryl/α,β-unsaturated/α-hetero) is 2. The van der Waals surface area contributed by atoms with Gasteiger partial charge in [0.15, 0.2) is 5.78 Å². The zero-order valence-corrected chi connectivity index (χ0v) is 12.5. The van der Waals surface area contributed by atoms with Crippen molar-refractivity contribution in [1.82, 2.24) is 0 Å². The number of rotatable bonds is 1. The zero-order valence-electron chi connectivity index (χ0n) is 9.73. The van der Waals surface area contributed by atoms with Gasteiger partial charge in [-0.2, -0.15) is 4.79 Å². The fourth-order valence-corrected chi connectivity index (χ4v) is 2.60. The second kappa shape index (κ2) is 5.46. The van der Waals surface area contributed by atoms with E-state index in [1.165, 1.54) is 24.3 Å². The van der Waals surface area contributed by atoms with E-state index in [2.05, 4.69) is 4.79 Å². The van der Waals surface area contributed by atoms with E-state index < -0.39 is 32.6 Å².